The standard InChI is InChI=1S/C24H24FN7O6/c25-19-9-16(31-12-17(37-24(31)36)11-27-22-5-6-29-38-22)2-3-18(19)15-1-4-21(26-10-15)30-7-8-32(28-14-30)23(35)20(34)13-33/h1-6,9-10,14,17,20,27,33-34H,7-8,11-13H2/t17-,20?/m0/s1. The Kier molecular flexibility index (Phi) is 7.15. The first-order chi connectivity index (χ1) is 18.4. The number of pyridine rings is 1. The van der Waals surface area contributed by atoms with Gasteiger partial charge in [-0.2, -0.15) is 5.10 Å². The Morgan fingerprint density at radius 1 is 1.24 bits per heavy atom. The lowest BCUT2D eigenvalue weighted by Crippen LogP contribution is -2.45. The second-order valence-corrected chi connectivity index (χ2v) is 8.53. The lowest BCUT2D eigenvalue weighted by molar-refractivity contribution is -0.142. The number of aromatic nitrogens is 2. The number of anilines is 3. The number of carbonyl (C=O) groups excluding carboxylic acids is 2. The third-order valence-corrected chi connectivity index (χ3v) is 6.03. The van der Waals surface area contributed by atoms with Crippen molar-refractivity contribution in [3.05, 3.63) is 54.6 Å². The molecule has 0 bridgehead atoms. The first-order valence-corrected chi connectivity index (χ1v) is 11.7. The molecule has 1 unspecified atom stereocenters. The van der Waals surface area contributed by atoms with Gasteiger partial charge in [0, 0.05) is 29.9 Å². The fourth-order valence-electron chi connectivity index (χ4n) is 4.01. The first kappa shape index (κ1) is 25.1. The molecule has 2 aromatic heterocycles. The van der Waals surface area contributed by atoms with Crippen LogP contribution in [0.5, 0.6) is 0 Å². The lowest BCUT2D eigenvalue weighted by Gasteiger charge is -2.28. The van der Waals surface area contributed by atoms with Gasteiger partial charge in [-0.3, -0.25) is 9.69 Å². The van der Waals surface area contributed by atoms with Crippen LogP contribution in [0.15, 0.2) is 58.4 Å². The quantitative estimate of drug-likeness (QED) is 0.391. The molecule has 4 heterocycles. The number of aliphatic hydroxyl groups excluding tert-OH is 2. The van der Waals surface area contributed by atoms with Crippen molar-refractivity contribution in [1.82, 2.24) is 15.1 Å². The SMILES string of the molecule is O=C(C(O)CO)N1CCN(c2ccc(-c3ccc(N4C[C@H](CNc5ccno5)OC4=O)cc3F)cn2)C=N1. The molecule has 3 N–H and O–H groups in total. The van der Waals surface area contributed by atoms with E-state index >= 15 is 4.39 Å². The van der Waals surface area contributed by atoms with E-state index < -0.39 is 36.6 Å². The van der Waals surface area contributed by atoms with Crippen molar-refractivity contribution in [3.8, 4) is 11.1 Å². The van der Waals surface area contributed by atoms with E-state index in [2.05, 4.69) is 20.6 Å². The predicted molar refractivity (Wildman–Crippen MR) is 133 cm³/mol. The molecule has 38 heavy (non-hydrogen) atoms. The highest BCUT2D eigenvalue weighted by molar-refractivity contribution is 5.90. The summed E-state index contributed by atoms with van der Waals surface area (Å²) in [4.78, 5) is 31.7. The number of hydrogen-bond acceptors (Lipinski definition) is 11. The lowest BCUT2D eigenvalue weighted by atomic mass is 10.1. The highest BCUT2D eigenvalue weighted by Crippen LogP contribution is 2.29. The molecular weight excluding hydrogens is 501 g/mol. The molecule has 2 amide bonds. The molecule has 0 spiro atoms. The normalized spacial score (nSPS) is 18.0. The minimum Gasteiger partial charge on any atom is -0.442 e. The van der Waals surface area contributed by atoms with Gasteiger partial charge in [0.25, 0.3) is 5.91 Å². The van der Waals surface area contributed by atoms with Gasteiger partial charge in [-0.15, -0.1) is 0 Å². The summed E-state index contributed by atoms with van der Waals surface area (Å²) in [6.45, 7) is 0.441. The van der Waals surface area contributed by atoms with Crippen molar-refractivity contribution in [3.63, 3.8) is 0 Å². The van der Waals surface area contributed by atoms with Crippen molar-refractivity contribution in [1.29, 1.82) is 0 Å². The zero-order chi connectivity index (χ0) is 26.6. The van der Waals surface area contributed by atoms with Crippen LogP contribution in [0.4, 0.5) is 26.6 Å². The van der Waals surface area contributed by atoms with Crippen LogP contribution < -0.4 is 15.1 Å². The maximum Gasteiger partial charge on any atom is 0.414 e. The molecule has 2 aliphatic rings. The van der Waals surface area contributed by atoms with E-state index in [0.29, 0.717) is 41.6 Å². The number of benzene rings is 1. The number of nitrogens with zero attached hydrogens (tertiary/aromatic N) is 6. The second kappa shape index (κ2) is 10.8. The topological polar surface area (TPSA) is 157 Å². The summed E-state index contributed by atoms with van der Waals surface area (Å²) in [7, 11) is 0. The summed E-state index contributed by atoms with van der Waals surface area (Å²) < 4.78 is 25.4. The van der Waals surface area contributed by atoms with E-state index in [1.165, 1.54) is 29.7 Å². The molecule has 5 rings (SSSR count). The Bertz CT molecular complexity index is 1320. The number of halogens is 1. The summed E-state index contributed by atoms with van der Waals surface area (Å²) in [5, 5.41) is 30.0. The smallest absolute Gasteiger partial charge is 0.414 e. The monoisotopic (exact) mass is 525 g/mol. The van der Waals surface area contributed by atoms with Crippen LogP contribution in [-0.2, 0) is 9.53 Å². The van der Waals surface area contributed by atoms with Crippen LogP contribution in [-0.4, -0.2) is 88.7 Å². The number of hydrazone groups is 1. The molecule has 198 valence electrons. The molecule has 0 aliphatic carbocycles. The van der Waals surface area contributed by atoms with E-state index in [-0.39, 0.29) is 13.1 Å². The zero-order valence-electron chi connectivity index (χ0n) is 20.0. The fraction of sp³-hybridized carbons (Fsp3) is 0.292. The molecule has 3 aromatic rings. The van der Waals surface area contributed by atoms with E-state index in [1.807, 2.05) is 0 Å². The number of aliphatic hydroxyl groups is 2. The Balaban J connectivity index is 1.22. The van der Waals surface area contributed by atoms with E-state index in [0.717, 1.165) is 5.01 Å². The molecule has 1 fully saturated rings. The molecule has 2 atom stereocenters. The molecule has 2 aliphatic heterocycles. The maximum atomic E-state index is 15.1. The average Bonchev–Trinajstić information content (AvgIpc) is 3.60. The summed E-state index contributed by atoms with van der Waals surface area (Å²) in [6, 6.07) is 9.54. The number of rotatable bonds is 8. The number of hydrogen-bond donors (Lipinski definition) is 3. The van der Waals surface area contributed by atoms with Gasteiger partial charge in [-0.1, -0.05) is 5.16 Å². The molecular formula is C24H24FN7O6. The molecule has 0 radical (unpaired) electrons. The average molecular weight is 525 g/mol. The molecule has 1 saturated heterocycles. The fourth-order valence-corrected chi connectivity index (χ4v) is 4.01. The number of amides is 2. The largest absolute Gasteiger partial charge is 0.442 e. The van der Waals surface area contributed by atoms with Crippen LogP contribution in [0.2, 0.25) is 0 Å². The van der Waals surface area contributed by atoms with Crippen molar-refractivity contribution >= 4 is 35.7 Å². The van der Waals surface area contributed by atoms with Gasteiger partial charge in [0.15, 0.2) is 6.10 Å². The number of carbonyl (C=O) groups is 2. The summed E-state index contributed by atoms with van der Waals surface area (Å²) >= 11 is 0. The van der Waals surface area contributed by atoms with Crippen molar-refractivity contribution < 1.29 is 33.5 Å². The highest BCUT2D eigenvalue weighted by Gasteiger charge is 2.33. The Hall–Kier alpha value is -4.56. The number of nitrogens with one attached hydrogen (secondary N) is 1. The summed E-state index contributed by atoms with van der Waals surface area (Å²) in [5.41, 5.74) is 1.22. The Morgan fingerprint density at radius 2 is 2.11 bits per heavy atom. The first-order valence-electron chi connectivity index (χ1n) is 11.7. The second-order valence-electron chi connectivity index (χ2n) is 8.53. The van der Waals surface area contributed by atoms with Gasteiger partial charge in [0.1, 0.15) is 24.1 Å². The van der Waals surface area contributed by atoms with Crippen LogP contribution in [0.25, 0.3) is 11.1 Å². The number of ether oxygens (including phenoxy) is 1. The van der Waals surface area contributed by atoms with Crippen LogP contribution in [0, 0.1) is 5.82 Å². The van der Waals surface area contributed by atoms with E-state index in [4.69, 9.17) is 14.4 Å². The van der Waals surface area contributed by atoms with Gasteiger partial charge in [0.2, 0.25) is 5.88 Å². The Labute approximate surface area is 215 Å². The molecule has 0 saturated carbocycles. The minimum absolute atomic E-state index is 0.196. The van der Waals surface area contributed by atoms with Gasteiger partial charge in [-0.25, -0.2) is 19.2 Å². The zero-order valence-corrected chi connectivity index (χ0v) is 20.0. The van der Waals surface area contributed by atoms with E-state index in [1.54, 1.807) is 35.2 Å². The van der Waals surface area contributed by atoms with Gasteiger partial charge < -0.3 is 29.7 Å². The van der Waals surface area contributed by atoms with Gasteiger partial charge >= 0.3 is 6.09 Å². The van der Waals surface area contributed by atoms with Crippen LogP contribution in [0.3, 0.4) is 0 Å². The summed E-state index contributed by atoms with van der Waals surface area (Å²) in [5.74, 6) is -0.221. The van der Waals surface area contributed by atoms with Crippen LogP contribution in [0.1, 0.15) is 0 Å². The Morgan fingerprint density at radius 3 is 2.76 bits per heavy atom. The molecule has 13 nitrogen and oxygen atoms in total. The highest BCUT2D eigenvalue weighted by atomic mass is 19.1. The predicted octanol–water partition coefficient (Wildman–Crippen LogP) is 1.26. The third kappa shape index (κ3) is 5.26. The van der Waals surface area contributed by atoms with Gasteiger partial charge in [0.05, 0.1) is 38.1 Å². The maximum absolute atomic E-state index is 15.1. The van der Waals surface area contributed by atoms with E-state index in [9.17, 15) is 14.7 Å². The van der Waals surface area contributed by atoms with Crippen molar-refractivity contribution in [2.24, 2.45) is 5.10 Å². The molecule has 1 aromatic carbocycles. The molecule has 14 heteroatoms. The van der Waals surface area contributed by atoms with Crippen molar-refractivity contribution in [2.75, 3.05) is 47.9 Å². The summed E-state index contributed by atoms with van der Waals surface area (Å²) in [6.07, 6.45) is 1.87. The number of cyclic esters (lactones) is 1. The minimum atomic E-state index is -1.52. The third-order valence-electron chi connectivity index (χ3n) is 6.03. The van der Waals surface area contributed by atoms with Gasteiger partial charge in [-0.05, 0) is 30.3 Å². The van der Waals surface area contributed by atoms with Crippen LogP contribution >= 0.6 is 0 Å². The van der Waals surface area contributed by atoms with Crippen molar-refractivity contribution in [2.45, 2.75) is 12.2 Å².